The Bertz CT molecular complexity index is 961. The molecule has 3 rings (SSSR count). The molecule has 2 aromatic carbocycles. The first-order chi connectivity index (χ1) is 12.3. The number of aliphatic hydroxyl groups is 1. The molecule has 0 amide bonds. The van der Waals surface area contributed by atoms with E-state index in [9.17, 15) is 18.3 Å². The molecule has 1 heterocycles. The van der Waals surface area contributed by atoms with Crippen LogP contribution in [0.25, 0.3) is 22.2 Å². The van der Waals surface area contributed by atoms with Crippen molar-refractivity contribution in [1.29, 1.82) is 0 Å². The molecule has 1 aromatic heterocycles. The molecule has 0 aliphatic heterocycles. The summed E-state index contributed by atoms with van der Waals surface area (Å²) in [6.45, 7) is -0.149. The lowest BCUT2D eigenvalue weighted by molar-refractivity contribution is -0.274. The minimum atomic E-state index is -4.77. The Kier molecular flexibility index (Phi) is 5.27. The first-order valence-corrected chi connectivity index (χ1v) is 8.28. The van der Waals surface area contributed by atoms with Crippen LogP contribution in [0.2, 0.25) is 10.0 Å². The van der Waals surface area contributed by atoms with Crippen LogP contribution in [0.15, 0.2) is 42.5 Å². The van der Waals surface area contributed by atoms with Crippen molar-refractivity contribution in [2.75, 3.05) is 6.61 Å². The number of alkyl halides is 3. The second-order valence-electron chi connectivity index (χ2n) is 5.50. The fourth-order valence-corrected chi connectivity index (χ4v) is 3.12. The fraction of sp³-hybridized carbons (Fsp3) is 0.167. The fourth-order valence-electron chi connectivity index (χ4n) is 2.62. The summed E-state index contributed by atoms with van der Waals surface area (Å²) in [6.07, 6.45) is -4.51. The van der Waals surface area contributed by atoms with Crippen LogP contribution in [-0.4, -0.2) is 23.1 Å². The third-order valence-electron chi connectivity index (χ3n) is 3.67. The smallest absolute Gasteiger partial charge is 0.406 e. The molecule has 26 heavy (non-hydrogen) atoms. The number of ether oxygens (including phenoxy) is 1. The number of halogens is 5. The SMILES string of the molecule is OCCc1cc2cc(OC(F)(F)F)ccc2nc1-c1ccc(Cl)cc1Cl. The molecule has 0 radical (unpaired) electrons. The topological polar surface area (TPSA) is 42.4 Å². The van der Waals surface area contributed by atoms with Gasteiger partial charge in [0.2, 0.25) is 0 Å². The largest absolute Gasteiger partial charge is 0.573 e. The predicted molar refractivity (Wildman–Crippen MR) is 94.7 cm³/mol. The van der Waals surface area contributed by atoms with Crippen LogP contribution in [0, 0.1) is 0 Å². The maximum atomic E-state index is 12.4. The molecule has 0 bridgehead atoms. The minimum Gasteiger partial charge on any atom is -0.406 e. The van der Waals surface area contributed by atoms with Crippen molar-refractivity contribution >= 4 is 34.1 Å². The van der Waals surface area contributed by atoms with E-state index in [1.165, 1.54) is 18.2 Å². The highest BCUT2D eigenvalue weighted by molar-refractivity contribution is 6.36. The van der Waals surface area contributed by atoms with Gasteiger partial charge in [0.15, 0.2) is 0 Å². The number of rotatable bonds is 4. The highest BCUT2D eigenvalue weighted by Crippen LogP contribution is 2.34. The van der Waals surface area contributed by atoms with Crippen molar-refractivity contribution in [2.45, 2.75) is 12.8 Å². The van der Waals surface area contributed by atoms with Crippen molar-refractivity contribution in [3.8, 4) is 17.0 Å². The summed E-state index contributed by atoms with van der Waals surface area (Å²) in [5.41, 5.74) is 2.28. The van der Waals surface area contributed by atoms with Gasteiger partial charge in [0.1, 0.15) is 5.75 Å². The second kappa shape index (κ2) is 7.31. The number of aliphatic hydroxyl groups excluding tert-OH is 1. The summed E-state index contributed by atoms with van der Waals surface area (Å²) in [6, 6.07) is 10.5. The zero-order valence-electron chi connectivity index (χ0n) is 13.1. The number of pyridine rings is 1. The van der Waals surface area contributed by atoms with Gasteiger partial charge in [-0.05, 0) is 54.4 Å². The summed E-state index contributed by atoms with van der Waals surface area (Å²) in [4.78, 5) is 4.52. The molecule has 1 N–H and O–H groups in total. The van der Waals surface area contributed by atoms with E-state index in [-0.39, 0.29) is 18.8 Å². The number of hydrogen-bond acceptors (Lipinski definition) is 3. The molecule has 0 unspecified atom stereocenters. The van der Waals surface area contributed by atoms with Gasteiger partial charge in [-0.1, -0.05) is 23.2 Å². The van der Waals surface area contributed by atoms with E-state index >= 15 is 0 Å². The molecule has 136 valence electrons. The van der Waals surface area contributed by atoms with Crippen molar-refractivity contribution < 1.29 is 23.0 Å². The van der Waals surface area contributed by atoms with Crippen LogP contribution in [0.4, 0.5) is 13.2 Å². The Morgan fingerprint density at radius 1 is 1.04 bits per heavy atom. The average molecular weight is 402 g/mol. The van der Waals surface area contributed by atoms with E-state index in [2.05, 4.69) is 9.72 Å². The molecule has 0 spiro atoms. The molecule has 8 heteroatoms. The Hall–Kier alpha value is -2.02. The standard InChI is InChI=1S/C18H12Cl2F3NO2/c19-12-1-3-14(15(20)9-12)17-10(5-6-25)7-11-8-13(26-18(21,22)23)2-4-16(11)24-17/h1-4,7-9,25H,5-6H2. The van der Waals surface area contributed by atoms with Crippen LogP contribution >= 0.6 is 23.2 Å². The summed E-state index contributed by atoms with van der Waals surface area (Å²) < 4.78 is 41.2. The quantitative estimate of drug-likeness (QED) is 0.614. The molecule has 0 saturated heterocycles. The molecule has 0 aliphatic carbocycles. The molecule has 0 fully saturated rings. The van der Waals surface area contributed by atoms with Crippen LogP contribution in [0.5, 0.6) is 5.75 Å². The van der Waals surface area contributed by atoms with Crippen LogP contribution < -0.4 is 4.74 Å². The molecule has 3 aromatic rings. The first-order valence-electron chi connectivity index (χ1n) is 7.52. The van der Waals surface area contributed by atoms with Crippen molar-refractivity contribution in [3.63, 3.8) is 0 Å². The average Bonchev–Trinajstić information content (AvgIpc) is 2.53. The van der Waals surface area contributed by atoms with E-state index in [4.69, 9.17) is 23.2 Å². The molecule has 0 atom stereocenters. The number of hydrogen-bond donors (Lipinski definition) is 1. The van der Waals surface area contributed by atoms with Gasteiger partial charge in [0.05, 0.1) is 16.2 Å². The van der Waals surface area contributed by atoms with Gasteiger partial charge in [-0.25, -0.2) is 4.98 Å². The van der Waals surface area contributed by atoms with E-state index in [0.717, 1.165) is 0 Å². The zero-order chi connectivity index (χ0) is 18.9. The number of benzene rings is 2. The van der Waals surface area contributed by atoms with Gasteiger partial charge >= 0.3 is 6.36 Å². The third-order valence-corrected chi connectivity index (χ3v) is 4.21. The van der Waals surface area contributed by atoms with Crippen molar-refractivity contribution in [1.82, 2.24) is 4.98 Å². The van der Waals surface area contributed by atoms with Crippen molar-refractivity contribution in [3.05, 3.63) is 58.1 Å². The van der Waals surface area contributed by atoms with Crippen LogP contribution in [-0.2, 0) is 6.42 Å². The van der Waals surface area contributed by atoms with Gasteiger partial charge < -0.3 is 9.84 Å². The summed E-state index contributed by atoms with van der Waals surface area (Å²) in [5, 5.41) is 10.6. The summed E-state index contributed by atoms with van der Waals surface area (Å²) in [5.74, 6) is -0.334. The lowest BCUT2D eigenvalue weighted by atomic mass is 10.0. The van der Waals surface area contributed by atoms with Crippen LogP contribution in [0.1, 0.15) is 5.56 Å². The van der Waals surface area contributed by atoms with E-state index < -0.39 is 6.36 Å². The lowest BCUT2D eigenvalue weighted by Crippen LogP contribution is -2.17. The maximum Gasteiger partial charge on any atom is 0.573 e. The third kappa shape index (κ3) is 4.20. The monoisotopic (exact) mass is 401 g/mol. The first kappa shape index (κ1) is 18.8. The van der Waals surface area contributed by atoms with Gasteiger partial charge in [-0.3, -0.25) is 0 Å². The molecule has 0 aliphatic rings. The predicted octanol–water partition coefficient (Wildman–Crippen LogP) is 5.64. The van der Waals surface area contributed by atoms with Crippen molar-refractivity contribution in [2.24, 2.45) is 0 Å². The van der Waals surface area contributed by atoms with E-state index in [1.807, 2.05) is 0 Å². The molecule has 0 saturated carbocycles. The molecule has 3 nitrogen and oxygen atoms in total. The summed E-state index contributed by atoms with van der Waals surface area (Å²) in [7, 11) is 0. The van der Waals surface area contributed by atoms with Gasteiger partial charge in [0.25, 0.3) is 0 Å². The lowest BCUT2D eigenvalue weighted by Gasteiger charge is -2.13. The highest BCUT2D eigenvalue weighted by atomic mass is 35.5. The Labute approximate surface area is 156 Å². The summed E-state index contributed by atoms with van der Waals surface area (Å²) >= 11 is 12.2. The van der Waals surface area contributed by atoms with Gasteiger partial charge in [0, 0.05) is 22.6 Å². The van der Waals surface area contributed by atoms with E-state index in [1.54, 1.807) is 24.3 Å². The molecular weight excluding hydrogens is 390 g/mol. The van der Waals surface area contributed by atoms with Gasteiger partial charge in [-0.15, -0.1) is 13.2 Å². The Morgan fingerprint density at radius 2 is 1.81 bits per heavy atom. The Balaban J connectivity index is 2.14. The van der Waals surface area contributed by atoms with E-state index in [0.29, 0.717) is 37.8 Å². The number of aromatic nitrogens is 1. The second-order valence-corrected chi connectivity index (χ2v) is 6.34. The minimum absolute atomic E-state index is 0.149. The number of fused-ring (bicyclic) bond motifs is 1. The Morgan fingerprint density at radius 3 is 2.46 bits per heavy atom. The normalized spacial score (nSPS) is 11.8. The highest BCUT2D eigenvalue weighted by Gasteiger charge is 2.31. The maximum absolute atomic E-state index is 12.4. The number of nitrogens with zero attached hydrogens (tertiary/aromatic N) is 1. The molecular formula is C18H12Cl2F3NO2. The van der Waals surface area contributed by atoms with Gasteiger partial charge in [-0.2, -0.15) is 0 Å². The zero-order valence-corrected chi connectivity index (χ0v) is 14.7. The van der Waals surface area contributed by atoms with Crippen LogP contribution in [0.3, 0.4) is 0 Å².